The molecular formula is C19H18ClN3OS. The molecule has 0 saturated carbocycles. The van der Waals surface area contributed by atoms with E-state index in [2.05, 4.69) is 5.10 Å². The van der Waals surface area contributed by atoms with E-state index in [1.807, 2.05) is 54.9 Å². The molecule has 3 aromatic rings. The van der Waals surface area contributed by atoms with Gasteiger partial charge in [0, 0.05) is 30.2 Å². The molecule has 1 heterocycles. The van der Waals surface area contributed by atoms with Crippen LogP contribution in [-0.2, 0) is 6.54 Å². The average Bonchev–Trinajstić information content (AvgIpc) is 3.11. The topological polar surface area (TPSA) is 38.1 Å². The van der Waals surface area contributed by atoms with Crippen LogP contribution in [0.2, 0.25) is 5.02 Å². The molecule has 0 aliphatic rings. The van der Waals surface area contributed by atoms with Crippen LogP contribution in [0.4, 0.5) is 0 Å². The Bertz CT molecular complexity index is 879. The Morgan fingerprint density at radius 2 is 2.00 bits per heavy atom. The normalized spacial score (nSPS) is 10.7. The van der Waals surface area contributed by atoms with Crippen LogP contribution in [-0.4, -0.2) is 33.9 Å². The van der Waals surface area contributed by atoms with Crippen molar-refractivity contribution in [3.05, 3.63) is 77.1 Å². The molecule has 4 nitrogen and oxygen atoms in total. The van der Waals surface area contributed by atoms with Gasteiger partial charge in [-0.3, -0.25) is 4.79 Å². The number of benzene rings is 2. The molecule has 25 heavy (non-hydrogen) atoms. The van der Waals surface area contributed by atoms with Gasteiger partial charge < -0.3 is 4.90 Å². The smallest absolute Gasteiger partial charge is 0.255 e. The average molecular weight is 372 g/mol. The number of nitrogens with zero attached hydrogens (tertiary/aromatic N) is 3. The molecule has 0 atom stereocenters. The summed E-state index contributed by atoms with van der Waals surface area (Å²) in [5.74, 6) is -0.103. The van der Waals surface area contributed by atoms with Crippen molar-refractivity contribution in [3.63, 3.8) is 0 Å². The third-order valence-electron chi connectivity index (χ3n) is 3.83. The maximum Gasteiger partial charge on any atom is 0.255 e. The molecule has 0 N–H and O–H groups in total. The second kappa shape index (κ2) is 7.76. The van der Waals surface area contributed by atoms with E-state index in [0.717, 1.165) is 16.1 Å². The summed E-state index contributed by atoms with van der Waals surface area (Å²) in [6.45, 7) is 0.464. The van der Waals surface area contributed by atoms with Gasteiger partial charge in [0.05, 0.1) is 22.5 Å². The number of amides is 1. The molecule has 2 aromatic carbocycles. The Balaban J connectivity index is 1.75. The molecule has 128 valence electrons. The summed E-state index contributed by atoms with van der Waals surface area (Å²) in [4.78, 5) is 15.4. The number of hydrogen-bond donors (Lipinski definition) is 0. The van der Waals surface area contributed by atoms with Crippen molar-refractivity contribution >= 4 is 29.3 Å². The van der Waals surface area contributed by atoms with Gasteiger partial charge in [0.15, 0.2) is 0 Å². The van der Waals surface area contributed by atoms with E-state index in [-0.39, 0.29) is 5.91 Å². The highest BCUT2D eigenvalue weighted by atomic mass is 35.5. The first kappa shape index (κ1) is 17.6. The lowest BCUT2D eigenvalue weighted by molar-refractivity contribution is 0.0785. The Morgan fingerprint density at radius 1 is 1.24 bits per heavy atom. The van der Waals surface area contributed by atoms with Crippen molar-refractivity contribution < 1.29 is 4.79 Å². The van der Waals surface area contributed by atoms with E-state index >= 15 is 0 Å². The standard InChI is InChI=1S/C19H18ClN3OS/c1-22(19(24)17-10-16(25-2)8-9-18(17)20)12-14-11-21-23(13-14)15-6-4-3-5-7-15/h3-11,13H,12H2,1-2H3. The van der Waals surface area contributed by atoms with Gasteiger partial charge in [-0.15, -0.1) is 11.8 Å². The predicted octanol–water partition coefficient (Wildman–Crippen LogP) is 4.52. The number of halogens is 1. The summed E-state index contributed by atoms with van der Waals surface area (Å²) >= 11 is 7.79. The Morgan fingerprint density at radius 3 is 2.72 bits per heavy atom. The molecule has 0 radical (unpaired) electrons. The zero-order valence-corrected chi connectivity index (χ0v) is 15.6. The number of thioether (sulfide) groups is 1. The van der Waals surface area contributed by atoms with Gasteiger partial charge in [-0.25, -0.2) is 4.68 Å². The summed E-state index contributed by atoms with van der Waals surface area (Å²) in [7, 11) is 1.77. The van der Waals surface area contributed by atoms with Gasteiger partial charge in [0.25, 0.3) is 5.91 Å². The zero-order chi connectivity index (χ0) is 17.8. The van der Waals surface area contributed by atoms with E-state index in [4.69, 9.17) is 11.6 Å². The number of rotatable bonds is 5. The Labute approximate surface area is 156 Å². The Hall–Kier alpha value is -2.24. The number of aromatic nitrogens is 2. The summed E-state index contributed by atoms with van der Waals surface area (Å²) in [6, 6.07) is 15.4. The molecule has 0 saturated heterocycles. The van der Waals surface area contributed by atoms with Gasteiger partial charge in [-0.2, -0.15) is 5.10 Å². The monoisotopic (exact) mass is 371 g/mol. The molecule has 0 aliphatic heterocycles. The fourth-order valence-electron chi connectivity index (χ4n) is 2.51. The van der Waals surface area contributed by atoms with Crippen LogP contribution in [0, 0.1) is 0 Å². The molecule has 6 heteroatoms. The molecule has 1 amide bonds. The number of hydrogen-bond acceptors (Lipinski definition) is 3. The van der Waals surface area contributed by atoms with Crippen molar-refractivity contribution in [2.24, 2.45) is 0 Å². The van der Waals surface area contributed by atoms with Crippen LogP contribution >= 0.6 is 23.4 Å². The molecule has 0 bridgehead atoms. The maximum atomic E-state index is 12.7. The lowest BCUT2D eigenvalue weighted by Crippen LogP contribution is -2.26. The highest BCUT2D eigenvalue weighted by molar-refractivity contribution is 7.98. The van der Waals surface area contributed by atoms with Gasteiger partial charge >= 0.3 is 0 Å². The first-order valence-corrected chi connectivity index (χ1v) is 9.36. The van der Waals surface area contributed by atoms with E-state index < -0.39 is 0 Å². The fourth-order valence-corrected chi connectivity index (χ4v) is 3.15. The lowest BCUT2D eigenvalue weighted by Gasteiger charge is -2.17. The van der Waals surface area contributed by atoms with Gasteiger partial charge in [-0.1, -0.05) is 29.8 Å². The molecule has 1 aromatic heterocycles. The van der Waals surface area contributed by atoms with E-state index in [9.17, 15) is 4.79 Å². The first-order valence-electron chi connectivity index (χ1n) is 7.76. The number of para-hydroxylation sites is 1. The van der Waals surface area contributed by atoms with E-state index in [1.54, 1.807) is 40.7 Å². The second-order valence-corrected chi connectivity index (χ2v) is 6.92. The number of carbonyl (C=O) groups is 1. The largest absolute Gasteiger partial charge is 0.337 e. The van der Waals surface area contributed by atoms with Crippen LogP contribution in [0.3, 0.4) is 0 Å². The quantitative estimate of drug-likeness (QED) is 0.619. The van der Waals surface area contributed by atoms with Crippen molar-refractivity contribution in [1.82, 2.24) is 14.7 Å². The van der Waals surface area contributed by atoms with Gasteiger partial charge in [-0.05, 0) is 36.6 Å². The predicted molar refractivity (Wildman–Crippen MR) is 103 cm³/mol. The highest BCUT2D eigenvalue weighted by Gasteiger charge is 2.16. The second-order valence-electron chi connectivity index (χ2n) is 5.64. The van der Waals surface area contributed by atoms with Crippen LogP contribution < -0.4 is 0 Å². The molecule has 3 rings (SSSR count). The van der Waals surface area contributed by atoms with Crippen LogP contribution in [0.15, 0.2) is 65.8 Å². The maximum absolute atomic E-state index is 12.7. The minimum absolute atomic E-state index is 0.103. The molecule has 0 unspecified atom stereocenters. The lowest BCUT2D eigenvalue weighted by atomic mass is 10.2. The van der Waals surface area contributed by atoms with Gasteiger partial charge in [0.2, 0.25) is 0 Å². The van der Waals surface area contributed by atoms with Crippen molar-refractivity contribution in [2.75, 3.05) is 13.3 Å². The minimum Gasteiger partial charge on any atom is -0.337 e. The third-order valence-corrected chi connectivity index (χ3v) is 4.88. The van der Waals surface area contributed by atoms with Crippen LogP contribution in [0.5, 0.6) is 0 Å². The SMILES string of the molecule is CSc1ccc(Cl)c(C(=O)N(C)Cc2cnn(-c3ccccc3)c2)c1. The first-order chi connectivity index (χ1) is 12.1. The van der Waals surface area contributed by atoms with Crippen LogP contribution in [0.1, 0.15) is 15.9 Å². The molecule has 0 aliphatic carbocycles. The summed E-state index contributed by atoms with van der Waals surface area (Å²) in [6.07, 6.45) is 5.68. The minimum atomic E-state index is -0.103. The van der Waals surface area contributed by atoms with E-state index in [1.165, 1.54) is 0 Å². The van der Waals surface area contributed by atoms with Crippen molar-refractivity contribution in [3.8, 4) is 5.69 Å². The molecule has 0 spiro atoms. The summed E-state index contributed by atoms with van der Waals surface area (Å²) in [5.41, 5.74) is 2.46. The number of carbonyl (C=O) groups excluding carboxylic acids is 1. The Kier molecular flexibility index (Phi) is 5.46. The van der Waals surface area contributed by atoms with Crippen molar-refractivity contribution in [2.45, 2.75) is 11.4 Å². The van der Waals surface area contributed by atoms with E-state index in [0.29, 0.717) is 17.1 Å². The summed E-state index contributed by atoms with van der Waals surface area (Å²) < 4.78 is 1.80. The molecular weight excluding hydrogens is 354 g/mol. The summed E-state index contributed by atoms with van der Waals surface area (Å²) in [5, 5.41) is 4.83. The third kappa shape index (κ3) is 4.06. The van der Waals surface area contributed by atoms with Gasteiger partial charge in [0.1, 0.15) is 0 Å². The van der Waals surface area contributed by atoms with Crippen molar-refractivity contribution in [1.29, 1.82) is 0 Å². The molecule has 0 fully saturated rings. The fraction of sp³-hybridized carbons (Fsp3) is 0.158. The highest BCUT2D eigenvalue weighted by Crippen LogP contribution is 2.24. The zero-order valence-electron chi connectivity index (χ0n) is 14.0. The van der Waals surface area contributed by atoms with Crippen LogP contribution in [0.25, 0.3) is 5.69 Å².